The maximum atomic E-state index is 12.8. The van der Waals surface area contributed by atoms with E-state index in [0.717, 1.165) is 0 Å². The van der Waals surface area contributed by atoms with Gasteiger partial charge in [0.05, 0.1) is 5.41 Å². The van der Waals surface area contributed by atoms with Crippen molar-refractivity contribution in [1.82, 2.24) is 0 Å². The molecule has 0 aromatic heterocycles. The van der Waals surface area contributed by atoms with Gasteiger partial charge in [-0.25, -0.2) is 4.39 Å². The second kappa shape index (κ2) is 4.62. The van der Waals surface area contributed by atoms with Gasteiger partial charge in [0.1, 0.15) is 5.82 Å². The average molecular weight is 230 g/mol. The number of halogens is 2. The molecule has 0 saturated heterocycles. The minimum atomic E-state index is -0.659. The fraction of sp³-hybridized carbons (Fsp3) is 0.364. The van der Waals surface area contributed by atoms with Crippen LogP contribution in [0.25, 0.3) is 0 Å². The Morgan fingerprint density at radius 3 is 2.73 bits per heavy atom. The third-order valence-electron chi connectivity index (χ3n) is 2.03. The molecule has 1 amide bonds. The summed E-state index contributed by atoms with van der Waals surface area (Å²) in [6.07, 6.45) is 0. The molecule has 0 bridgehead atoms. The van der Waals surface area contributed by atoms with Gasteiger partial charge in [-0.1, -0.05) is 6.07 Å². The van der Waals surface area contributed by atoms with E-state index in [4.69, 9.17) is 11.6 Å². The van der Waals surface area contributed by atoms with Crippen molar-refractivity contribution >= 4 is 23.2 Å². The molecular weight excluding hydrogens is 217 g/mol. The molecule has 1 N–H and O–H groups in total. The average Bonchev–Trinajstić information content (AvgIpc) is 2.17. The Morgan fingerprint density at radius 1 is 1.53 bits per heavy atom. The fourth-order valence-electron chi connectivity index (χ4n) is 0.927. The lowest BCUT2D eigenvalue weighted by atomic mass is 9.95. The van der Waals surface area contributed by atoms with E-state index in [1.54, 1.807) is 26.0 Å². The third kappa shape index (κ3) is 3.20. The number of hydrogen-bond acceptors (Lipinski definition) is 1. The van der Waals surface area contributed by atoms with Crippen molar-refractivity contribution in [2.24, 2.45) is 5.41 Å². The first-order valence-corrected chi connectivity index (χ1v) is 5.12. The van der Waals surface area contributed by atoms with Gasteiger partial charge in [-0.15, -0.1) is 11.6 Å². The summed E-state index contributed by atoms with van der Waals surface area (Å²) in [6.45, 7) is 3.46. The monoisotopic (exact) mass is 229 g/mol. The van der Waals surface area contributed by atoms with Crippen molar-refractivity contribution in [3.63, 3.8) is 0 Å². The molecule has 1 rings (SSSR count). The summed E-state index contributed by atoms with van der Waals surface area (Å²) in [6, 6.07) is 5.76. The second-order valence-electron chi connectivity index (χ2n) is 3.98. The highest BCUT2D eigenvalue weighted by Gasteiger charge is 2.26. The van der Waals surface area contributed by atoms with E-state index < -0.39 is 5.41 Å². The van der Waals surface area contributed by atoms with Crippen molar-refractivity contribution in [1.29, 1.82) is 0 Å². The summed E-state index contributed by atoms with van der Waals surface area (Å²) in [5.74, 6) is -0.381. The molecule has 15 heavy (non-hydrogen) atoms. The standard InChI is InChI=1S/C11H13ClFNO/c1-11(2,7-12)10(15)14-9-5-3-4-8(13)6-9/h3-6H,7H2,1-2H3,(H,14,15). The molecule has 2 nitrogen and oxygen atoms in total. The molecule has 0 spiro atoms. The van der Waals surface area contributed by atoms with Crippen LogP contribution in [0.5, 0.6) is 0 Å². The van der Waals surface area contributed by atoms with Gasteiger partial charge in [0, 0.05) is 11.6 Å². The highest BCUT2D eigenvalue weighted by atomic mass is 35.5. The van der Waals surface area contributed by atoms with E-state index in [0.29, 0.717) is 5.69 Å². The Labute approximate surface area is 93.4 Å². The lowest BCUT2D eigenvalue weighted by Gasteiger charge is -2.20. The first kappa shape index (κ1) is 12.0. The molecule has 4 heteroatoms. The largest absolute Gasteiger partial charge is 0.325 e. The number of carbonyl (C=O) groups excluding carboxylic acids is 1. The lowest BCUT2D eigenvalue weighted by Crippen LogP contribution is -2.32. The molecule has 0 heterocycles. The van der Waals surface area contributed by atoms with Crippen LogP contribution in [0, 0.1) is 11.2 Å². The Bertz CT molecular complexity index is 365. The van der Waals surface area contributed by atoms with Gasteiger partial charge in [-0.2, -0.15) is 0 Å². The fourth-order valence-corrected chi connectivity index (χ4v) is 1.05. The van der Waals surface area contributed by atoms with Crippen molar-refractivity contribution in [3.8, 4) is 0 Å². The predicted octanol–water partition coefficient (Wildman–Crippen LogP) is 3.03. The zero-order valence-electron chi connectivity index (χ0n) is 8.68. The minimum Gasteiger partial charge on any atom is -0.325 e. The van der Waals surface area contributed by atoms with Crippen LogP contribution in [0.1, 0.15) is 13.8 Å². The number of hydrogen-bond donors (Lipinski definition) is 1. The minimum absolute atomic E-state index is 0.216. The van der Waals surface area contributed by atoms with E-state index in [9.17, 15) is 9.18 Å². The summed E-state index contributed by atoms with van der Waals surface area (Å²) in [4.78, 5) is 11.7. The number of nitrogens with one attached hydrogen (secondary N) is 1. The molecule has 0 aliphatic rings. The van der Waals surface area contributed by atoms with Crippen LogP contribution in [0.2, 0.25) is 0 Å². The van der Waals surface area contributed by atoms with Gasteiger partial charge in [0.2, 0.25) is 5.91 Å². The molecule has 0 saturated carbocycles. The summed E-state index contributed by atoms with van der Waals surface area (Å²) in [7, 11) is 0. The molecule has 0 fully saturated rings. The van der Waals surface area contributed by atoms with Crippen molar-refractivity contribution in [2.75, 3.05) is 11.2 Å². The Kier molecular flexibility index (Phi) is 3.69. The molecule has 82 valence electrons. The van der Waals surface area contributed by atoms with Crippen LogP contribution in [-0.4, -0.2) is 11.8 Å². The van der Waals surface area contributed by atoms with Crippen molar-refractivity contribution < 1.29 is 9.18 Å². The van der Waals surface area contributed by atoms with Crippen LogP contribution in [0.4, 0.5) is 10.1 Å². The first-order valence-electron chi connectivity index (χ1n) is 4.59. The van der Waals surface area contributed by atoms with Gasteiger partial charge in [0.25, 0.3) is 0 Å². The van der Waals surface area contributed by atoms with E-state index in [-0.39, 0.29) is 17.6 Å². The van der Waals surface area contributed by atoms with Crippen molar-refractivity contribution in [3.05, 3.63) is 30.1 Å². The number of carbonyl (C=O) groups is 1. The molecule has 0 atom stereocenters. The smallest absolute Gasteiger partial charge is 0.231 e. The quantitative estimate of drug-likeness (QED) is 0.794. The Morgan fingerprint density at radius 2 is 2.20 bits per heavy atom. The predicted molar refractivity (Wildman–Crippen MR) is 59.5 cm³/mol. The normalized spacial score (nSPS) is 11.2. The summed E-state index contributed by atoms with van der Waals surface area (Å²) >= 11 is 5.65. The number of amides is 1. The Hall–Kier alpha value is -1.09. The SMILES string of the molecule is CC(C)(CCl)C(=O)Nc1cccc(F)c1. The molecule has 0 radical (unpaired) electrons. The number of anilines is 1. The summed E-state index contributed by atoms with van der Waals surface area (Å²) < 4.78 is 12.8. The highest BCUT2D eigenvalue weighted by Crippen LogP contribution is 2.20. The molecule has 0 unspecified atom stereocenters. The van der Waals surface area contributed by atoms with E-state index in [2.05, 4.69) is 5.32 Å². The number of alkyl halides is 1. The summed E-state index contributed by atoms with van der Waals surface area (Å²) in [5.41, 5.74) is -0.216. The second-order valence-corrected chi connectivity index (χ2v) is 4.25. The third-order valence-corrected chi connectivity index (χ3v) is 2.70. The van der Waals surface area contributed by atoms with Gasteiger partial charge in [0.15, 0.2) is 0 Å². The summed E-state index contributed by atoms with van der Waals surface area (Å²) in [5, 5.41) is 2.61. The lowest BCUT2D eigenvalue weighted by molar-refractivity contribution is -0.122. The van der Waals surface area contributed by atoms with Crippen LogP contribution in [0.15, 0.2) is 24.3 Å². The maximum Gasteiger partial charge on any atom is 0.231 e. The highest BCUT2D eigenvalue weighted by molar-refractivity contribution is 6.20. The van der Waals surface area contributed by atoms with E-state index in [1.165, 1.54) is 12.1 Å². The van der Waals surface area contributed by atoms with Gasteiger partial charge in [-0.05, 0) is 32.0 Å². The van der Waals surface area contributed by atoms with Gasteiger partial charge < -0.3 is 5.32 Å². The van der Waals surface area contributed by atoms with Gasteiger partial charge in [-0.3, -0.25) is 4.79 Å². The van der Waals surface area contributed by atoms with Crippen LogP contribution >= 0.6 is 11.6 Å². The van der Waals surface area contributed by atoms with Crippen LogP contribution in [0.3, 0.4) is 0 Å². The number of rotatable bonds is 3. The van der Waals surface area contributed by atoms with E-state index >= 15 is 0 Å². The molecular formula is C11H13ClFNO. The Balaban J connectivity index is 2.75. The number of benzene rings is 1. The molecule has 0 aliphatic heterocycles. The molecule has 1 aromatic carbocycles. The van der Waals surface area contributed by atoms with Crippen LogP contribution < -0.4 is 5.32 Å². The first-order chi connectivity index (χ1) is 6.95. The van der Waals surface area contributed by atoms with Gasteiger partial charge >= 0.3 is 0 Å². The maximum absolute atomic E-state index is 12.8. The zero-order valence-corrected chi connectivity index (χ0v) is 9.44. The van der Waals surface area contributed by atoms with Crippen LogP contribution in [-0.2, 0) is 4.79 Å². The molecule has 0 aliphatic carbocycles. The molecule has 1 aromatic rings. The van der Waals surface area contributed by atoms with Crippen molar-refractivity contribution in [2.45, 2.75) is 13.8 Å². The topological polar surface area (TPSA) is 29.1 Å². The zero-order chi connectivity index (χ0) is 11.5. The van der Waals surface area contributed by atoms with E-state index in [1.807, 2.05) is 0 Å².